The third-order valence-electron chi connectivity index (χ3n) is 5.84. The first kappa shape index (κ1) is 22.0. The van der Waals surface area contributed by atoms with Crippen LogP contribution in [0.15, 0.2) is 29.3 Å². The lowest BCUT2D eigenvalue weighted by molar-refractivity contribution is 0.0392. The highest BCUT2D eigenvalue weighted by Crippen LogP contribution is 2.30. The molecule has 4 heterocycles. The van der Waals surface area contributed by atoms with E-state index in [1.807, 2.05) is 11.1 Å². The molecule has 176 valence electrons. The number of rotatable bonds is 3. The average molecular weight is 471 g/mol. The van der Waals surface area contributed by atoms with Crippen LogP contribution >= 0.6 is 0 Å². The number of halogens is 3. The zero-order valence-electron chi connectivity index (χ0n) is 18.6. The number of hydrogen-bond acceptors (Lipinski definition) is 7. The summed E-state index contributed by atoms with van der Waals surface area (Å²) in [6, 6.07) is 1.66. The van der Waals surface area contributed by atoms with Gasteiger partial charge in [0.2, 0.25) is 5.95 Å². The first-order chi connectivity index (χ1) is 16.2. The van der Waals surface area contributed by atoms with Crippen molar-refractivity contribution in [1.82, 2.24) is 29.3 Å². The predicted molar refractivity (Wildman–Crippen MR) is 117 cm³/mol. The standard InChI is InChI=1S/C22H20F3N7O2/c1-11-27-19-18(12-6-14(23)17(25)15(24)7-12)28-22(29-20(19)21(33)31(11)3)32-4-5-34-16(10-32)13-8-26-30(2)9-13/h6-9,16H,4-5,10H2,1-3H3/t16-/m0/s1. The summed E-state index contributed by atoms with van der Waals surface area (Å²) in [7, 11) is 3.35. The van der Waals surface area contributed by atoms with Crippen LogP contribution in [0.25, 0.3) is 22.3 Å². The van der Waals surface area contributed by atoms with E-state index in [0.29, 0.717) is 25.5 Å². The van der Waals surface area contributed by atoms with Crippen molar-refractivity contribution in [2.45, 2.75) is 13.0 Å². The van der Waals surface area contributed by atoms with Crippen molar-refractivity contribution in [2.24, 2.45) is 14.1 Å². The van der Waals surface area contributed by atoms with Crippen molar-refractivity contribution >= 4 is 17.0 Å². The number of morpholine rings is 1. The van der Waals surface area contributed by atoms with E-state index in [4.69, 9.17) is 4.74 Å². The van der Waals surface area contributed by atoms with Crippen LogP contribution in [0.2, 0.25) is 0 Å². The predicted octanol–water partition coefficient (Wildman–Crippen LogP) is 2.43. The van der Waals surface area contributed by atoms with Crippen molar-refractivity contribution in [3.63, 3.8) is 0 Å². The van der Waals surface area contributed by atoms with Crippen molar-refractivity contribution in [3.05, 3.63) is 63.7 Å². The number of aryl methyl sites for hydroxylation is 2. The summed E-state index contributed by atoms with van der Waals surface area (Å²) >= 11 is 0. The Kier molecular flexibility index (Phi) is 5.31. The molecule has 5 rings (SSSR count). The molecule has 1 aliphatic rings. The average Bonchev–Trinajstić information content (AvgIpc) is 3.27. The highest BCUT2D eigenvalue weighted by Gasteiger charge is 2.27. The lowest BCUT2D eigenvalue weighted by Crippen LogP contribution is -2.39. The third-order valence-corrected chi connectivity index (χ3v) is 5.84. The molecule has 0 unspecified atom stereocenters. The molecule has 3 aromatic heterocycles. The highest BCUT2D eigenvalue weighted by molar-refractivity contribution is 5.89. The number of hydrogen-bond donors (Lipinski definition) is 0. The lowest BCUT2D eigenvalue weighted by Gasteiger charge is -2.32. The van der Waals surface area contributed by atoms with E-state index in [9.17, 15) is 18.0 Å². The van der Waals surface area contributed by atoms with Crippen LogP contribution in [-0.2, 0) is 18.8 Å². The number of ether oxygens (including phenoxy) is 1. The third kappa shape index (κ3) is 3.69. The quantitative estimate of drug-likeness (QED) is 0.424. The zero-order valence-corrected chi connectivity index (χ0v) is 18.6. The molecule has 34 heavy (non-hydrogen) atoms. The SMILES string of the molecule is Cc1nc2c(-c3cc(F)c(F)c(F)c3)nc(N3CCO[C@H](c4cnn(C)c4)C3)nc2c(=O)n1C. The fourth-order valence-electron chi connectivity index (χ4n) is 3.91. The summed E-state index contributed by atoms with van der Waals surface area (Å²) < 4.78 is 50.6. The van der Waals surface area contributed by atoms with Gasteiger partial charge in [0, 0.05) is 38.0 Å². The van der Waals surface area contributed by atoms with Gasteiger partial charge in [-0.3, -0.25) is 14.0 Å². The maximum absolute atomic E-state index is 14.1. The number of aromatic nitrogens is 6. The first-order valence-corrected chi connectivity index (χ1v) is 10.5. The van der Waals surface area contributed by atoms with Gasteiger partial charge in [-0.1, -0.05) is 0 Å². The second-order valence-corrected chi connectivity index (χ2v) is 8.10. The molecule has 0 N–H and O–H groups in total. The smallest absolute Gasteiger partial charge is 0.279 e. The van der Waals surface area contributed by atoms with Gasteiger partial charge in [0.25, 0.3) is 5.56 Å². The van der Waals surface area contributed by atoms with Gasteiger partial charge in [-0.2, -0.15) is 5.10 Å². The van der Waals surface area contributed by atoms with Gasteiger partial charge in [-0.25, -0.2) is 28.1 Å². The molecule has 1 atom stereocenters. The summed E-state index contributed by atoms with van der Waals surface area (Å²) in [5, 5.41) is 4.17. The van der Waals surface area contributed by atoms with Crippen molar-refractivity contribution < 1.29 is 17.9 Å². The molecule has 0 bridgehead atoms. The fourth-order valence-corrected chi connectivity index (χ4v) is 3.91. The summed E-state index contributed by atoms with van der Waals surface area (Å²) in [4.78, 5) is 28.2. The Balaban J connectivity index is 1.68. The minimum Gasteiger partial charge on any atom is -0.370 e. The molecule has 1 fully saturated rings. The number of anilines is 1. The van der Waals surface area contributed by atoms with Crippen molar-refractivity contribution in [1.29, 1.82) is 0 Å². The Bertz CT molecular complexity index is 1460. The van der Waals surface area contributed by atoms with E-state index in [1.165, 1.54) is 4.57 Å². The summed E-state index contributed by atoms with van der Waals surface area (Å²) in [6.45, 7) is 2.76. The molecule has 1 aliphatic heterocycles. The van der Waals surface area contributed by atoms with Crippen LogP contribution in [-0.4, -0.2) is 49.0 Å². The second kappa shape index (κ2) is 8.20. The van der Waals surface area contributed by atoms with Crippen molar-refractivity contribution in [2.75, 3.05) is 24.6 Å². The van der Waals surface area contributed by atoms with E-state index < -0.39 is 23.0 Å². The number of nitrogens with zero attached hydrogens (tertiary/aromatic N) is 7. The van der Waals surface area contributed by atoms with E-state index in [-0.39, 0.29) is 34.3 Å². The molecule has 0 saturated carbocycles. The molecule has 0 amide bonds. The molecule has 1 aromatic carbocycles. The van der Waals surface area contributed by atoms with Gasteiger partial charge >= 0.3 is 0 Å². The molecule has 9 nitrogen and oxygen atoms in total. The van der Waals surface area contributed by atoms with E-state index in [2.05, 4.69) is 20.1 Å². The maximum atomic E-state index is 14.1. The Morgan fingerprint density at radius 1 is 1.06 bits per heavy atom. The number of benzene rings is 1. The van der Waals surface area contributed by atoms with E-state index >= 15 is 0 Å². The fraction of sp³-hybridized carbons (Fsp3) is 0.318. The summed E-state index contributed by atoms with van der Waals surface area (Å²) in [6.07, 6.45) is 3.23. The van der Waals surface area contributed by atoms with Crippen LogP contribution in [0, 0.1) is 24.4 Å². The second-order valence-electron chi connectivity index (χ2n) is 8.10. The van der Waals surface area contributed by atoms with Crippen LogP contribution < -0.4 is 10.5 Å². The molecule has 0 spiro atoms. The van der Waals surface area contributed by atoms with Gasteiger partial charge in [0.15, 0.2) is 23.0 Å². The van der Waals surface area contributed by atoms with Crippen molar-refractivity contribution in [3.8, 4) is 11.3 Å². The zero-order chi connectivity index (χ0) is 24.1. The molecule has 0 radical (unpaired) electrons. The Morgan fingerprint density at radius 3 is 2.47 bits per heavy atom. The molecule has 0 aliphatic carbocycles. The maximum Gasteiger partial charge on any atom is 0.279 e. The van der Waals surface area contributed by atoms with Crippen LogP contribution in [0.3, 0.4) is 0 Å². The van der Waals surface area contributed by atoms with Gasteiger partial charge in [0.1, 0.15) is 23.1 Å². The number of fused-ring (bicyclic) bond motifs is 1. The van der Waals surface area contributed by atoms with Crippen LogP contribution in [0.5, 0.6) is 0 Å². The minimum absolute atomic E-state index is 0.0114. The van der Waals surface area contributed by atoms with E-state index in [1.54, 1.807) is 31.9 Å². The lowest BCUT2D eigenvalue weighted by atomic mass is 10.1. The van der Waals surface area contributed by atoms with Gasteiger partial charge in [-0.05, 0) is 19.1 Å². The monoisotopic (exact) mass is 471 g/mol. The minimum atomic E-state index is -1.59. The largest absolute Gasteiger partial charge is 0.370 e. The molecule has 12 heteroatoms. The summed E-state index contributed by atoms with van der Waals surface area (Å²) in [5.41, 5.74) is 0.469. The Labute approximate surface area is 191 Å². The van der Waals surface area contributed by atoms with Crippen LogP contribution in [0.1, 0.15) is 17.5 Å². The van der Waals surface area contributed by atoms with Gasteiger partial charge in [-0.15, -0.1) is 0 Å². The normalized spacial score (nSPS) is 16.4. The molecule has 1 saturated heterocycles. The molecular formula is C22H20F3N7O2. The first-order valence-electron chi connectivity index (χ1n) is 10.5. The van der Waals surface area contributed by atoms with Gasteiger partial charge < -0.3 is 9.64 Å². The topological polar surface area (TPSA) is 91.0 Å². The van der Waals surface area contributed by atoms with Crippen LogP contribution in [0.4, 0.5) is 19.1 Å². The van der Waals surface area contributed by atoms with Gasteiger partial charge in [0.05, 0.1) is 19.3 Å². The Hall–Kier alpha value is -3.80. The highest BCUT2D eigenvalue weighted by atomic mass is 19.2. The Morgan fingerprint density at radius 2 is 1.79 bits per heavy atom. The van der Waals surface area contributed by atoms with E-state index in [0.717, 1.165) is 17.7 Å². The molecule has 4 aromatic rings. The summed E-state index contributed by atoms with van der Waals surface area (Å²) in [5.74, 6) is -3.79. The molecular weight excluding hydrogens is 451 g/mol.